The van der Waals surface area contributed by atoms with Gasteiger partial charge in [0.15, 0.2) is 11.6 Å². The second-order valence-corrected chi connectivity index (χ2v) is 7.68. The third-order valence-electron chi connectivity index (χ3n) is 4.97. The lowest BCUT2D eigenvalue weighted by Gasteiger charge is -2.19. The van der Waals surface area contributed by atoms with E-state index < -0.39 is 11.2 Å². The highest BCUT2D eigenvalue weighted by molar-refractivity contribution is 9.10. The van der Waals surface area contributed by atoms with Gasteiger partial charge in [-0.2, -0.15) is 5.10 Å². The Bertz CT molecular complexity index is 1220. The van der Waals surface area contributed by atoms with Gasteiger partial charge in [-0.1, -0.05) is 36.4 Å². The lowest BCUT2D eigenvalue weighted by atomic mass is 9.88. The molecule has 0 spiro atoms. The Balaban J connectivity index is 1.66. The van der Waals surface area contributed by atoms with E-state index in [-0.39, 0.29) is 17.4 Å². The number of hydrogen-bond acceptors (Lipinski definition) is 4. The van der Waals surface area contributed by atoms with Gasteiger partial charge in [0, 0.05) is 24.9 Å². The molecule has 2 aromatic heterocycles. The Morgan fingerprint density at radius 3 is 2.73 bits per heavy atom. The molecule has 6 nitrogen and oxygen atoms in total. The topological polar surface area (TPSA) is 83.8 Å². The lowest BCUT2D eigenvalue weighted by molar-refractivity contribution is 0.466. The molecule has 0 aliphatic rings. The molecule has 0 fully saturated rings. The molecule has 0 saturated carbocycles. The van der Waals surface area contributed by atoms with Crippen LogP contribution in [0.2, 0.25) is 0 Å². The number of aromatic amines is 1. The Morgan fingerprint density at radius 2 is 1.97 bits per heavy atom. The number of nitrogens with zero attached hydrogens (tertiary/aromatic N) is 3. The van der Waals surface area contributed by atoms with Crippen molar-refractivity contribution in [2.45, 2.75) is 18.9 Å². The van der Waals surface area contributed by atoms with E-state index in [0.29, 0.717) is 23.3 Å². The van der Waals surface area contributed by atoms with E-state index >= 15 is 0 Å². The van der Waals surface area contributed by atoms with Crippen molar-refractivity contribution in [3.63, 3.8) is 0 Å². The maximum atomic E-state index is 13.8. The molecule has 0 aliphatic carbocycles. The fourth-order valence-corrected chi connectivity index (χ4v) is 3.87. The van der Waals surface area contributed by atoms with E-state index in [4.69, 9.17) is 0 Å². The maximum Gasteiger partial charge on any atom is 0.242 e. The number of aromatic nitrogens is 4. The first-order valence-electron chi connectivity index (χ1n) is 9.32. The van der Waals surface area contributed by atoms with E-state index in [2.05, 4.69) is 31.1 Å². The maximum absolute atomic E-state index is 13.8. The zero-order chi connectivity index (χ0) is 21.1. The normalized spacial score (nSPS) is 12.1. The predicted octanol–water partition coefficient (Wildman–Crippen LogP) is 4.46. The molecule has 2 aromatic carbocycles. The predicted molar refractivity (Wildman–Crippen MR) is 115 cm³/mol. The number of nitrogens with one attached hydrogen (secondary N) is 1. The fraction of sp³-hybridized carbons (Fsp3) is 0.136. The SMILES string of the molecule is O=c1cn[nH]c(-c2nccn2CCC(c2ccccc2)c2ccc(F)c(Br)c2)c1O. The zero-order valence-electron chi connectivity index (χ0n) is 15.8. The number of imidazole rings is 1. The van der Waals surface area contributed by atoms with Crippen molar-refractivity contribution in [2.75, 3.05) is 0 Å². The van der Waals surface area contributed by atoms with Crippen LogP contribution in [-0.2, 0) is 6.54 Å². The number of benzene rings is 2. The largest absolute Gasteiger partial charge is 0.503 e. The second kappa shape index (κ2) is 8.62. The third-order valence-corrected chi connectivity index (χ3v) is 5.58. The highest BCUT2D eigenvalue weighted by Gasteiger charge is 2.18. The van der Waals surface area contributed by atoms with Crippen molar-refractivity contribution in [1.82, 2.24) is 19.7 Å². The Labute approximate surface area is 180 Å². The Hall–Kier alpha value is -3.26. The van der Waals surface area contributed by atoms with Crippen LogP contribution in [0.25, 0.3) is 11.5 Å². The van der Waals surface area contributed by atoms with Crippen LogP contribution in [0.5, 0.6) is 5.75 Å². The van der Waals surface area contributed by atoms with Crippen LogP contribution in [0, 0.1) is 5.82 Å². The summed E-state index contributed by atoms with van der Waals surface area (Å²) >= 11 is 3.28. The molecule has 0 bridgehead atoms. The van der Waals surface area contributed by atoms with Gasteiger partial charge in [-0.05, 0) is 45.6 Å². The number of halogens is 2. The monoisotopic (exact) mass is 468 g/mol. The van der Waals surface area contributed by atoms with Crippen LogP contribution in [0.15, 0.2) is 76.4 Å². The number of H-pyrrole nitrogens is 1. The van der Waals surface area contributed by atoms with Gasteiger partial charge in [0.2, 0.25) is 5.43 Å². The molecular weight excluding hydrogens is 451 g/mol. The molecule has 0 radical (unpaired) electrons. The van der Waals surface area contributed by atoms with Gasteiger partial charge in [0.1, 0.15) is 11.5 Å². The minimum Gasteiger partial charge on any atom is -0.503 e. The second-order valence-electron chi connectivity index (χ2n) is 6.83. The van der Waals surface area contributed by atoms with Crippen LogP contribution in [0.4, 0.5) is 4.39 Å². The van der Waals surface area contributed by atoms with Crippen LogP contribution >= 0.6 is 15.9 Å². The van der Waals surface area contributed by atoms with Crippen molar-refractivity contribution < 1.29 is 9.50 Å². The fourth-order valence-electron chi connectivity index (χ4n) is 3.47. The summed E-state index contributed by atoms with van der Waals surface area (Å²) in [4.78, 5) is 16.0. The standard InChI is InChI=1S/C22H18BrFN4O2/c23-17-12-15(6-7-18(17)24)16(14-4-2-1-3-5-14)8-10-28-11-9-25-22(28)20-21(30)19(29)13-26-27-20/h1-7,9,11-13,16H,8,10H2,(H,26,30)(H,27,29). The van der Waals surface area contributed by atoms with Gasteiger partial charge in [-0.15, -0.1) is 0 Å². The highest BCUT2D eigenvalue weighted by atomic mass is 79.9. The highest BCUT2D eigenvalue weighted by Crippen LogP contribution is 2.32. The van der Waals surface area contributed by atoms with E-state index in [1.54, 1.807) is 24.5 Å². The van der Waals surface area contributed by atoms with Crippen LogP contribution in [-0.4, -0.2) is 24.9 Å². The number of aryl methyl sites for hydroxylation is 1. The number of hydrogen-bond donors (Lipinski definition) is 2. The van der Waals surface area contributed by atoms with Gasteiger partial charge in [0.05, 0.1) is 10.7 Å². The number of aromatic hydroxyl groups is 1. The summed E-state index contributed by atoms with van der Waals surface area (Å²) in [6.45, 7) is 0.556. The molecule has 0 saturated heterocycles. The van der Waals surface area contributed by atoms with Crippen molar-refractivity contribution in [1.29, 1.82) is 0 Å². The van der Waals surface area contributed by atoms with Gasteiger partial charge < -0.3 is 9.67 Å². The van der Waals surface area contributed by atoms with E-state index in [1.807, 2.05) is 34.9 Å². The molecule has 30 heavy (non-hydrogen) atoms. The van der Waals surface area contributed by atoms with Crippen molar-refractivity contribution in [3.8, 4) is 17.3 Å². The summed E-state index contributed by atoms with van der Waals surface area (Å²) in [5.74, 6) is -0.289. The minimum atomic E-state index is -0.573. The summed E-state index contributed by atoms with van der Waals surface area (Å²) in [5, 5.41) is 16.5. The van der Waals surface area contributed by atoms with E-state index in [9.17, 15) is 14.3 Å². The van der Waals surface area contributed by atoms with E-state index in [1.165, 1.54) is 6.07 Å². The average Bonchev–Trinajstić information content (AvgIpc) is 3.22. The number of rotatable bonds is 6. The van der Waals surface area contributed by atoms with Crippen molar-refractivity contribution in [2.24, 2.45) is 0 Å². The molecular formula is C22H18BrFN4O2. The zero-order valence-corrected chi connectivity index (χ0v) is 17.4. The van der Waals surface area contributed by atoms with Gasteiger partial charge in [-0.25, -0.2) is 9.37 Å². The Kier molecular flexibility index (Phi) is 5.76. The minimum absolute atomic E-state index is 0.0138. The first kappa shape index (κ1) is 20.0. The molecule has 1 atom stereocenters. The summed E-state index contributed by atoms with van der Waals surface area (Å²) in [5.41, 5.74) is 1.69. The van der Waals surface area contributed by atoms with Crippen LogP contribution in [0.1, 0.15) is 23.5 Å². The van der Waals surface area contributed by atoms with Gasteiger partial charge in [0.25, 0.3) is 0 Å². The van der Waals surface area contributed by atoms with Gasteiger partial charge >= 0.3 is 0 Å². The van der Waals surface area contributed by atoms with Crippen molar-refractivity contribution >= 4 is 15.9 Å². The van der Waals surface area contributed by atoms with Crippen LogP contribution in [0.3, 0.4) is 0 Å². The molecule has 2 N–H and O–H groups in total. The first-order chi connectivity index (χ1) is 14.5. The van der Waals surface area contributed by atoms with E-state index in [0.717, 1.165) is 17.3 Å². The van der Waals surface area contributed by atoms with Crippen molar-refractivity contribution in [3.05, 3.63) is 98.8 Å². The summed E-state index contributed by atoms with van der Waals surface area (Å²) < 4.78 is 16.0. The smallest absolute Gasteiger partial charge is 0.242 e. The molecule has 8 heteroatoms. The molecule has 2 heterocycles. The quantitative estimate of drug-likeness (QED) is 0.437. The summed E-state index contributed by atoms with van der Waals surface area (Å²) in [6.07, 6.45) is 5.09. The Morgan fingerprint density at radius 1 is 1.17 bits per heavy atom. The molecule has 1 unspecified atom stereocenters. The summed E-state index contributed by atoms with van der Waals surface area (Å²) in [7, 11) is 0. The van der Waals surface area contributed by atoms with Crippen LogP contribution < -0.4 is 5.43 Å². The lowest BCUT2D eigenvalue weighted by Crippen LogP contribution is -2.10. The first-order valence-corrected chi connectivity index (χ1v) is 10.1. The molecule has 4 rings (SSSR count). The third kappa shape index (κ3) is 4.04. The molecule has 152 valence electrons. The molecule has 0 amide bonds. The van der Waals surface area contributed by atoms with Gasteiger partial charge in [-0.3, -0.25) is 9.89 Å². The average molecular weight is 469 g/mol. The molecule has 4 aromatic rings. The summed E-state index contributed by atoms with van der Waals surface area (Å²) in [6, 6.07) is 15.0. The molecule has 0 aliphatic heterocycles.